The molecule has 0 aliphatic heterocycles. The number of nitrogens with one attached hydrogen (secondary N) is 1. The van der Waals surface area contributed by atoms with Gasteiger partial charge in [-0.1, -0.05) is 0 Å². The van der Waals surface area contributed by atoms with Gasteiger partial charge in [0.2, 0.25) is 0 Å². The van der Waals surface area contributed by atoms with Crippen molar-refractivity contribution in [3.05, 3.63) is 0 Å². The van der Waals surface area contributed by atoms with Crippen LogP contribution in [-0.2, 0) is 23.8 Å². The first-order chi connectivity index (χ1) is 8.69. The zero-order valence-corrected chi connectivity index (χ0v) is 11.9. The summed E-state index contributed by atoms with van der Waals surface area (Å²) in [5.41, 5.74) is -0.700. The number of carbonyl (C=O) groups is 3. The summed E-state index contributed by atoms with van der Waals surface area (Å²) in [5.74, 6) is -1.34. The average molecular weight is 275 g/mol. The largest absolute Gasteiger partial charge is 0.467 e. The van der Waals surface area contributed by atoms with Crippen molar-refractivity contribution in [3.63, 3.8) is 0 Å². The molecule has 0 aliphatic rings. The normalized spacial score (nSPS) is 12.3. The summed E-state index contributed by atoms with van der Waals surface area (Å²) in [5, 5.41) is 2.28. The number of ether oxygens (including phenoxy) is 3. The fourth-order valence-corrected chi connectivity index (χ4v) is 1.17. The second-order valence-electron chi connectivity index (χ2n) is 4.73. The molecule has 7 heteroatoms. The molecule has 0 aliphatic carbocycles. The van der Waals surface area contributed by atoms with Gasteiger partial charge >= 0.3 is 18.0 Å². The molecule has 0 saturated heterocycles. The molecule has 0 bridgehead atoms. The van der Waals surface area contributed by atoms with E-state index in [1.165, 1.54) is 0 Å². The van der Waals surface area contributed by atoms with Crippen molar-refractivity contribution in [1.82, 2.24) is 5.32 Å². The smallest absolute Gasteiger partial charge is 0.408 e. The van der Waals surface area contributed by atoms with E-state index in [1.807, 2.05) is 0 Å². The zero-order valence-electron chi connectivity index (χ0n) is 11.9. The SMILES string of the molecule is CCOC(=O)CC(NC(=O)OC(C)(C)C)C(=O)OC. The maximum Gasteiger partial charge on any atom is 0.408 e. The van der Waals surface area contributed by atoms with Crippen LogP contribution in [0.1, 0.15) is 34.1 Å². The number of hydrogen-bond acceptors (Lipinski definition) is 6. The number of alkyl carbamates (subject to hydrolysis) is 1. The van der Waals surface area contributed by atoms with Crippen LogP contribution >= 0.6 is 0 Å². The fraction of sp³-hybridized carbons (Fsp3) is 0.750. The van der Waals surface area contributed by atoms with Gasteiger partial charge in [-0.05, 0) is 27.7 Å². The van der Waals surface area contributed by atoms with Gasteiger partial charge in [0.1, 0.15) is 11.6 Å². The van der Waals surface area contributed by atoms with E-state index in [0.29, 0.717) is 0 Å². The zero-order chi connectivity index (χ0) is 15.1. The predicted octanol–water partition coefficient (Wildman–Crippen LogP) is 1.01. The van der Waals surface area contributed by atoms with E-state index < -0.39 is 29.7 Å². The quantitative estimate of drug-likeness (QED) is 0.594. The molecule has 1 unspecified atom stereocenters. The Morgan fingerprint density at radius 3 is 2.21 bits per heavy atom. The summed E-state index contributed by atoms with van der Waals surface area (Å²) < 4.78 is 14.2. The van der Waals surface area contributed by atoms with Crippen molar-refractivity contribution in [1.29, 1.82) is 0 Å². The Kier molecular flexibility index (Phi) is 6.89. The number of carbonyl (C=O) groups excluding carboxylic acids is 3. The number of rotatable bonds is 5. The summed E-state index contributed by atoms with van der Waals surface area (Å²) >= 11 is 0. The molecular formula is C12H21NO6. The highest BCUT2D eigenvalue weighted by atomic mass is 16.6. The maximum atomic E-state index is 11.5. The summed E-state index contributed by atoms with van der Waals surface area (Å²) in [6, 6.07) is -1.13. The molecule has 1 N–H and O–H groups in total. The van der Waals surface area contributed by atoms with Crippen LogP contribution in [0.3, 0.4) is 0 Å². The first kappa shape index (κ1) is 17.2. The third kappa shape index (κ3) is 8.01. The van der Waals surface area contributed by atoms with Gasteiger partial charge in [0.05, 0.1) is 20.1 Å². The molecular weight excluding hydrogens is 254 g/mol. The molecule has 0 rings (SSSR count). The van der Waals surface area contributed by atoms with Crippen LogP contribution in [0.5, 0.6) is 0 Å². The van der Waals surface area contributed by atoms with E-state index in [0.717, 1.165) is 7.11 Å². The summed E-state index contributed by atoms with van der Waals surface area (Å²) in [6.45, 7) is 6.90. The first-order valence-electron chi connectivity index (χ1n) is 5.92. The minimum Gasteiger partial charge on any atom is -0.467 e. The lowest BCUT2D eigenvalue weighted by molar-refractivity contribution is -0.150. The van der Waals surface area contributed by atoms with E-state index >= 15 is 0 Å². The van der Waals surface area contributed by atoms with Crippen LogP contribution in [-0.4, -0.2) is 43.4 Å². The molecule has 7 nitrogen and oxygen atoms in total. The third-order valence-electron chi connectivity index (χ3n) is 1.85. The summed E-state index contributed by atoms with van der Waals surface area (Å²) in [6.07, 6.45) is -1.10. The lowest BCUT2D eigenvalue weighted by atomic mass is 10.2. The molecule has 19 heavy (non-hydrogen) atoms. The molecule has 110 valence electrons. The maximum absolute atomic E-state index is 11.5. The second-order valence-corrected chi connectivity index (χ2v) is 4.73. The predicted molar refractivity (Wildman–Crippen MR) is 66.4 cm³/mol. The highest BCUT2D eigenvalue weighted by Crippen LogP contribution is 2.07. The molecule has 0 heterocycles. The van der Waals surface area contributed by atoms with E-state index in [1.54, 1.807) is 27.7 Å². The van der Waals surface area contributed by atoms with E-state index in [-0.39, 0.29) is 13.0 Å². The molecule has 0 fully saturated rings. The number of amides is 1. The van der Waals surface area contributed by atoms with Crippen molar-refractivity contribution in [2.24, 2.45) is 0 Å². The highest BCUT2D eigenvalue weighted by molar-refractivity contribution is 5.86. The van der Waals surface area contributed by atoms with Crippen LogP contribution < -0.4 is 5.32 Å². The minimum absolute atomic E-state index is 0.194. The third-order valence-corrected chi connectivity index (χ3v) is 1.85. The van der Waals surface area contributed by atoms with Crippen LogP contribution in [0.25, 0.3) is 0 Å². The van der Waals surface area contributed by atoms with Crippen LogP contribution in [0.15, 0.2) is 0 Å². The van der Waals surface area contributed by atoms with Gasteiger partial charge in [-0.15, -0.1) is 0 Å². The van der Waals surface area contributed by atoms with Crippen molar-refractivity contribution in [2.45, 2.75) is 45.8 Å². The molecule has 0 aromatic rings. The molecule has 1 amide bonds. The fourth-order valence-electron chi connectivity index (χ4n) is 1.17. The lowest BCUT2D eigenvalue weighted by Crippen LogP contribution is -2.45. The Balaban J connectivity index is 4.56. The van der Waals surface area contributed by atoms with Gasteiger partial charge in [0, 0.05) is 0 Å². The highest BCUT2D eigenvalue weighted by Gasteiger charge is 2.27. The molecule has 0 spiro atoms. The number of esters is 2. The lowest BCUT2D eigenvalue weighted by Gasteiger charge is -2.22. The van der Waals surface area contributed by atoms with Crippen LogP contribution in [0.4, 0.5) is 4.79 Å². The minimum atomic E-state index is -1.13. The van der Waals surface area contributed by atoms with Crippen molar-refractivity contribution in [3.8, 4) is 0 Å². The van der Waals surface area contributed by atoms with Crippen LogP contribution in [0, 0.1) is 0 Å². The topological polar surface area (TPSA) is 90.9 Å². The number of methoxy groups -OCH3 is 1. The van der Waals surface area contributed by atoms with E-state index in [2.05, 4.69) is 10.1 Å². The van der Waals surface area contributed by atoms with Gasteiger partial charge in [-0.2, -0.15) is 0 Å². The summed E-state index contributed by atoms with van der Waals surface area (Å²) in [7, 11) is 1.16. The van der Waals surface area contributed by atoms with Gasteiger partial charge < -0.3 is 19.5 Å². The standard InChI is InChI=1S/C12H21NO6/c1-6-18-9(14)7-8(10(15)17-5)13-11(16)19-12(2,3)4/h8H,6-7H2,1-5H3,(H,13,16). The Morgan fingerprint density at radius 2 is 1.79 bits per heavy atom. The van der Waals surface area contributed by atoms with Crippen molar-refractivity contribution >= 4 is 18.0 Å². The Labute approximate surface area is 112 Å². The van der Waals surface area contributed by atoms with Gasteiger partial charge in [-0.25, -0.2) is 9.59 Å². The van der Waals surface area contributed by atoms with E-state index in [4.69, 9.17) is 9.47 Å². The summed E-state index contributed by atoms with van der Waals surface area (Å²) in [4.78, 5) is 34.3. The first-order valence-corrected chi connectivity index (χ1v) is 5.92. The van der Waals surface area contributed by atoms with Gasteiger partial charge in [0.15, 0.2) is 0 Å². The molecule has 0 aromatic carbocycles. The Bertz CT molecular complexity index is 334. The molecule has 0 saturated carbocycles. The van der Waals surface area contributed by atoms with Crippen LogP contribution in [0.2, 0.25) is 0 Å². The Hall–Kier alpha value is -1.79. The van der Waals surface area contributed by atoms with Crippen molar-refractivity contribution < 1.29 is 28.6 Å². The molecule has 0 aromatic heterocycles. The molecule has 0 radical (unpaired) electrons. The van der Waals surface area contributed by atoms with Gasteiger partial charge in [0.25, 0.3) is 0 Å². The van der Waals surface area contributed by atoms with Crippen molar-refractivity contribution in [2.75, 3.05) is 13.7 Å². The number of hydrogen-bond donors (Lipinski definition) is 1. The monoisotopic (exact) mass is 275 g/mol. The average Bonchev–Trinajstić information content (AvgIpc) is 2.24. The van der Waals surface area contributed by atoms with E-state index in [9.17, 15) is 14.4 Å². The Morgan fingerprint density at radius 1 is 1.21 bits per heavy atom. The van der Waals surface area contributed by atoms with Gasteiger partial charge in [-0.3, -0.25) is 4.79 Å². The second kappa shape index (κ2) is 7.60. The molecule has 1 atom stereocenters.